The molecular weight excluding hydrogens is 291 g/mol. The van der Waals surface area contributed by atoms with E-state index >= 15 is 0 Å². The highest BCUT2D eigenvalue weighted by Crippen LogP contribution is 2.30. The van der Waals surface area contributed by atoms with Crippen molar-refractivity contribution in [3.63, 3.8) is 0 Å². The van der Waals surface area contributed by atoms with E-state index in [1.807, 2.05) is 0 Å². The zero-order chi connectivity index (χ0) is 10.0. The Morgan fingerprint density at radius 3 is 2.62 bits per heavy atom. The lowest BCUT2D eigenvalue weighted by Crippen LogP contribution is -2.39. The van der Waals surface area contributed by atoms with Gasteiger partial charge in [-0.1, -0.05) is 0 Å². The van der Waals surface area contributed by atoms with Crippen molar-refractivity contribution in [2.75, 3.05) is 13.7 Å². The molecule has 0 aromatic heterocycles. The van der Waals surface area contributed by atoms with Crippen molar-refractivity contribution in [3.8, 4) is 0 Å². The molecule has 0 radical (unpaired) electrons. The van der Waals surface area contributed by atoms with E-state index in [2.05, 4.69) is 0 Å². The summed E-state index contributed by atoms with van der Waals surface area (Å²) in [5, 5.41) is 27.5. The van der Waals surface area contributed by atoms with Crippen LogP contribution in [-0.4, -0.2) is 47.3 Å². The van der Waals surface area contributed by atoms with Gasteiger partial charge >= 0.3 is 0 Å². The van der Waals surface area contributed by atoms with Gasteiger partial charge in [0.1, 0.15) is 6.10 Å². The second-order valence-corrected chi connectivity index (χ2v) is 3.62. The fourth-order valence-corrected chi connectivity index (χ4v) is 1.72. The average Bonchev–Trinajstić information content (AvgIpc) is 2.36. The van der Waals surface area contributed by atoms with Crippen LogP contribution in [0, 0.1) is 0 Å². The highest BCUT2D eigenvalue weighted by atomic mass is 127. The van der Waals surface area contributed by atoms with Gasteiger partial charge in [0.15, 0.2) is 21.7 Å². The Morgan fingerprint density at radius 1 is 1.69 bits per heavy atom. The number of halogens is 1. The molecule has 76 valence electrons. The van der Waals surface area contributed by atoms with E-state index in [0.29, 0.717) is 0 Å². The summed E-state index contributed by atoms with van der Waals surface area (Å²) in [6.45, 7) is -0.268. The third kappa shape index (κ3) is 2.06. The van der Waals surface area contributed by atoms with Crippen LogP contribution < -0.4 is 0 Å². The van der Waals surface area contributed by atoms with E-state index in [0.717, 1.165) is 0 Å². The first-order valence-electron chi connectivity index (χ1n) is 3.68. The largest absolute Gasteiger partial charge is 0.506 e. The van der Waals surface area contributed by atoms with Crippen molar-refractivity contribution in [1.29, 1.82) is 0 Å². The van der Waals surface area contributed by atoms with Crippen LogP contribution in [0.2, 0.25) is 0 Å². The molecule has 5 nitrogen and oxygen atoms in total. The third-order valence-corrected chi connectivity index (χ3v) is 2.69. The van der Waals surface area contributed by atoms with Gasteiger partial charge in [0.25, 0.3) is 0 Å². The van der Waals surface area contributed by atoms with Gasteiger partial charge in [-0.3, -0.25) is 0 Å². The highest BCUT2D eigenvalue weighted by Gasteiger charge is 2.40. The molecule has 0 aromatic rings. The summed E-state index contributed by atoms with van der Waals surface area (Å²) in [5.74, 6) is -0.207. The number of hydrogen-bond donors (Lipinski definition) is 3. The molecule has 1 unspecified atom stereocenters. The van der Waals surface area contributed by atoms with E-state index in [4.69, 9.17) is 14.6 Å². The molecule has 13 heavy (non-hydrogen) atoms. The summed E-state index contributed by atoms with van der Waals surface area (Å²) in [5.41, 5.74) is 0. The van der Waals surface area contributed by atoms with Crippen LogP contribution in [0.5, 0.6) is 0 Å². The maximum atomic E-state index is 9.43. The standard InChI is InChI=1S/C7H11IO5/c1-12-3(2-9)6-4(10)5(11)7(8)13-6/h3-4,6,9-11H,2H2,1H3/t3-,4?,6+/m1/s1. The first-order chi connectivity index (χ1) is 6.11. The third-order valence-electron chi connectivity index (χ3n) is 1.88. The van der Waals surface area contributed by atoms with Crippen LogP contribution in [0.3, 0.4) is 0 Å². The second-order valence-electron chi connectivity index (χ2n) is 2.64. The Labute approximate surface area is 89.1 Å². The lowest BCUT2D eigenvalue weighted by Gasteiger charge is -2.22. The maximum Gasteiger partial charge on any atom is 0.197 e. The predicted octanol–water partition coefficient (Wildman–Crippen LogP) is -0.0845. The molecule has 0 fully saturated rings. The Bertz CT molecular complexity index is 213. The first-order valence-corrected chi connectivity index (χ1v) is 4.76. The smallest absolute Gasteiger partial charge is 0.197 e. The zero-order valence-electron chi connectivity index (χ0n) is 6.98. The molecule has 3 atom stereocenters. The highest BCUT2D eigenvalue weighted by molar-refractivity contribution is 14.1. The van der Waals surface area contributed by atoms with Crippen molar-refractivity contribution >= 4 is 22.6 Å². The molecule has 1 aliphatic rings. The van der Waals surface area contributed by atoms with Crippen LogP contribution in [0.4, 0.5) is 0 Å². The van der Waals surface area contributed by atoms with Gasteiger partial charge < -0.3 is 24.8 Å². The molecule has 1 heterocycles. The minimum atomic E-state index is -1.12. The number of methoxy groups -OCH3 is 1. The van der Waals surface area contributed by atoms with E-state index in [-0.39, 0.29) is 16.1 Å². The first kappa shape index (κ1) is 11.0. The summed E-state index contributed by atoms with van der Waals surface area (Å²) in [6, 6.07) is 0. The SMILES string of the molecule is CO[C@H](CO)[C@@H]1OC(I)=C(O)C1O. The minimum Gasteiger partial charge on any atom is -0.506 e. The molecular formula is C7H11IO5. The molecule has 1 rings (SSSR count). The molecule has 3 N–H and O–H groups in total. The zero-order valence-corrected chi connectivity index (χ0v) is 9.13. The van der Waals surface area contributed by atoms with Crippen molar-refractivity contribution in [1.82, 2.24) is 0 Å². The number of hydrogen-bond acceptors (Lipinski definition) is 5. The molecule has 1 aliphatic heterocycles. The van der Waals surface area contributed by atoms with Crippen LogP contribution in [0.25, 0.3) is 0 Å². The van der Waals surface area contributed by atoms with Crippen molar-refractivity contribution < 1.29 is 24.8 Å². The number of rotatable bonds is 3. The summed E-state index contributed by atoms with van der Waals surface area (Å²) in [6.07, 6.45) is -2.49. The van der Waals surface area contributed by atoms with Crippen LogP contribution in [0.1, 0.15) is 0 Å². The lowest BCUT2D eigenvalue weighted by molar-refractivity contribution is -0.0770. The van der Waals surface area contributed by atoms with E-state index in [1.165, 1.54) is 7.11 Å². The van der Waals surface area contributed by atoms with E-state index < -0.39 is 18.3 Å². The van der Waals surface area contributed by atoms with Gasteiger partial charge in [0.2, 0.25) is 0 Å². The van der Waals surface area contributed by atoms with Crippen LogP contribution >= 0.6 is 22.6 Å². The van der Waals surface area contributed by atoms with Gasteiger partial charge in [0.05, 0.1) is 6.61 Å². The van der Waals surface area contributed by atoms with Crippen molar-refractivity contribution in [3.05, 3.63) is 9.53 Å². The number of aliphatic hydroxyl groups excluding tert-OH is 3. The Balaban J connectivity index is 2.67. The Hall–Kier alpha value is -0.0500. The monoisotopic (exact) mass is 302 g/mol. The van der Waals surface area contributed by atoms with Crippen LogP contribution in [-0.2, 0) is 9.47 Å². The average molecular weight is 302 g/mol. The fraction of sp³-hybridized carbons (Fsp3) is 0.714. The quantitative estimate of drug-likeness (QED) is 0.635. The predicted molar refractivity (Wildman–Crippen MR) is 52.4 cm³/mol. The number of aliphatic hydroxyl groups is 3. The fourth-order valence-electron chi connectivity index (χ4n) is 1.11. The summed E-state index contributed by atoms with van der Waals surface area (Å²) in [4.78, 5) is 0. The summed E-state index contributed by atoms with van der Waals surface area (Å²) >= 11 is 1.76. The molecule has 0 amide bonds. The van der Waals surface area contributed by atoms with Gasteiger partial charge in [-0.15, -0.1) is 0 Å². The lowest BCUT2D eigenvalue weighted by atomic mass is 10.1. The van der Waals surface area contributed by atoms with Gasteiger partial charge in [-0.25, -0.2) is 0 Å². The summed E-state index contributed by atoms with van der Waals surface area (Å²) in [7, 11) is 1.40. The molecule has 6 heteroatoms. The Morgan fingerprint density at radius 2 is 2.31 bits per heavy atom. The van der Waals surface area contributed by atoms with Crippen LogP contribution in [0.15, 0.2) is 9.53 Å². The van der Waals surface area contributed by atoms with Crippen molar-refractivity contribution in [2.24, 2.45) is 0 Å². The molecule has 0 aromatic carbocycles. The molecule has 0 saturated carbocycles. The molecule has 0 saturated heterocycles. The maximum absolute atomic E-state index is 9.43. The Kier molecular flexibility index (Phi) is 3.77. The van der Waals surface area contributed by atoms with Gasteiger partial charge in [0, 0.05) is 29.7 Å². The molecule has 0 aliphatic carbocycles. The van der Waals surface area contributed by atoms with Crippen molar-refractivity contribution in [2.45, 2.75) is 18.3 Å². The minimum absolute atomic E-state index is 0.207. The number of ether oxygens (including phenoxy) is 2. The summed E-state index contributed by atoms with van der Waals surface area (Å²) < 4.78 is 10.2. The normalized spacial score (nSPS) is 30.5. The van der Waals surface area contributed by atoms with Gasteiger partial charge in [-0.05, 0) is 0 Å². The molecule has 0 bridgehead atoms. The second kappa shape index (κ2) is 4.45. The van der Waals surface area contributed by atoms with E-state index in [9.17, 15) is 10.2 Å². The topological polar surface area (TPSA) is 79.2 Å². The van der Waals surface area contributed by atoms with E-state index in [1.54, 1.807) is 22.6 Å². The molecule has 0 spiro atoms. The van der Waals surface area contributed by atoms with Gasteiger partial charge in [-0.2, -0.15) is 0 Å².